The molecule has 0 amide bonds. The van der Waals surface area contributed by atoms with Crippen molar-refractivity contribution in [1.29, 1.82) is 0 Å². The van der Waals surface area contributed by atoms with E-state index in [1.54, 1.807) is 37.7 Å². The Morgan fingerprint density at radius 3 is 2.57 bits per heavy atom. The van der Waals surface area contributed by atoms with Gasteiger partial charge < -0.3 is 18.8 Å². The first kappa shape index (κ1) is 23.8. The number of ether oxygens (including phenoxy) is 1. The van der Waals surface area contributed by atoms with E-state index in [9.17, 15) is 18.9 Å². The number of furan rings is 1. The highest BCUT2D eigenvalue weighted by atomic mass is 32.2. The number of carboxylic acids is 1. The third-order valence-corrected chi connectivity index (χ3v) is 7.76. The molecule has 1 saturated carbocycles. The van der Waals surface area contributed by atoms with Gasteiger partial charge in [-0.1, -0.05) is 0 Å². The molecule has 0 spiro atoms. The Morgan fingerprint density at radius 1 is 1.17 bits per heavy atom. The molecule has 1 aromatic carbocycles. The van der Waals surface area contributed by atoms with Crippen molar-refractivity contribution in [3.8, 4) is 16.9 Å². The highest BCUT2D eigenvalue weighted by molar-refractivity contribution is 7.81. The predicted molar refractivity (Wildman–Crippen MR) is 133 cm³/mol. The van der Waals surface area contributed by atoms with Crippen molar-refractivity contribution in [2.24, 2.45) is 13.0 Å². The van der Waals surface area contributed by atoms with Crippen LogP contribution in [0.1, 0.15) is 29.0 Å². The van der Waals surface area contributed by atoms with Crippen LogP contribution in [0.3, 0.4) is 0 Å². The number of carbonyl (C=O) groups is 1. The van der Waals surface area contributed by atoms with Gasteiger partial charge in [0.15, 0.2) is 0 Å². The number of hydrogen-bond donors (Lipinski definition) is 1. The van der Waals surface area contributed by atoms with Gasteiger partial charge in [0.1, 0.15) is 17.1 Å². The van der Waals surface area contributed by atoms with Crippen molar-refractivity contribution >= 4 is 27.9 Å². The molecule has 2 aromatic heterocycles. The molecule has 3 aromatic rings. The van der Waals surface area contributed by atoms with Crippen LogP contribution >= 0.6 is 0 Å². The van der Waals surface area contributed by atoms with E-state index in [2.05, 4.69) is 4.90 Å². The summed E-state index contributed by atoms with van der Waals surface area (Å²) in [6.45, 7) is 4.03. The zero-order valence-corrected chi connectivity index (χ0v) is 20.7. The monoisotopic (exact) mass is 499 g/mol. The highest BCUT2D eigenvalue weighted by Gasteiger charge is 2.25. The van der Waals surface area contributed by atoms with Gasteiger partial charge >= 0.3 is 5.97 Å². The first-order valence-corrected chi connectivity index (χ1v) is 13.2. The van der Waals surface area contributed by atoms with Gasteiger partial charge in [-0.3, -0.25) is 9.69 Å². The lowest BCUT2D eigenvalue weighted by molar-refractivity contribution is 0.0696. The average Bonchev–Trinajstić information content (AvgIpc) is 3.58. The minimum Gasteiger partial charge on any atom is -0.493 e. The Hall–Kier alpha value is -2.95. The van der Waals surface area contributed by atoms with Crippen LogP contribution in [0.4, 0.5) is 0 Å². The van der Waals surface area contributed by atoms with Gasteiger partial charge in [-0.05, 0) is 43.0 Å². The molecule has 1 atom stereocenters. The summed E-state index contributed by atoms with van der Waals surface area (Å²) in [6, 6.07) is 6.59. The molecular formula is C25H29N3O6S. The Labute approximate surface area is 205 Å². The van der Waals surface area contributed by atoms with Crippen molar-refractivity contribution in [1.82, 2.24) is 13.8 Å². The summed E-state index contributed by atoms with van der Waals surface area (Å²) in [5.41, 5.74) is 1.83. The second-order valence-corrected chi connectivity index (χ2v) is 10.7. The fraction of sp³-hybridized carbons (Fsp3) is 0.440. The number of rotatable bonds is 8. The van der Waals surface area contributed by atoms with E-state index in [0.717, 1.165) is 25.9 Å². The molecule has 0 bridgehead atoms. The van der Waals surface area contributed by atoms with Crippen LogP contribution < -0.4 is 10.3 Å². The van der Waals surface area contributed by atoms with Gasteiger partial charge in [-0.15, -0.1) is 0 Å². The van der Waals surface area contributed by atoms with Crippen LogP contribution in [0.5, 0.6) is 5.75 Å². The molecule has 1 unspecified atom stereocenters. The zero-order chi connectivity index (χ0) is 24.7. The summed E-state index contributed by atoms with van der Waals surface area (Å²) in [6.07, 6.45) is 5.63. The maximum Gasteiger partial charge on any atom is 0.335 e. The minimum atomic E-state index is -1.02. The van der Waals surface area contributed by atoms with Crippen LogP contribution in [-0.4, -0.2) is 68.1 Å². The Morgan fingerprint density at radius 2 is 1.91 bits per heavy atom. The van der Waals surface area contributed by atoms with Gasteiger partial charge in [0.05, 0.1) is 35.1 Å². The van der Waals surface area contributed by atoms with Gasteiger partial charge in [0.2, 0.25) is 0 Å². The number of fused-ring (bicyclic) bond motifs is 1. The normalized spacial score (nSPS) is 18.1. The minimum absolute atomic E-state index is 0.146. The molecule has 9 nitrogen and oxygen atoms in total. The summed E-state index contributed by atoms with van der Waals surface area (Å²) < 4.78 is 27.5. The summed E-state index contributed by atoms with van der Waals surface area (Å²) in [7, 11) is 0.719. The lowest BCUT2D eigenvalue weighted by Gasteiger charge is -2.32. The molecule has 0 radical (unpaired) electrons. The number of hydrogen-bond acceptors (Lipinski definition) is 6. The van der Waals surface area contributed by atoms with Gasteiger partial charge in [0, 0.05) is 56.8 Å². The molecule has 2 aliphatic rings. The van der Waals surface area contributed by atoms with Crippen molar-refractivity contribution < 1.29 is 23.3 Å². The van der Waals surface area contributed by atoms with E-state index in [4.69, 9.17) is 9.15 Å². The molecule has 1 saturated heterocycles. The molecule has 35 heavy (non-hydrogen) atoms. The van der Waals surface area contributed by atoms with Gasteiger partial charge in [-0.2, -0.15) is 0 Å². The molecule has 1 N–H and O–H groups in total. The van der Waals surface area contributed by atoms with Crippen molar-refractivity contribution in [3.63, 3.8) is 0 Å². The smallest absolute Gasteiger partial charge is 0.335 e. The van der Waals surface area contributed by atoms with Crippen molar-refractivity contribution in [2.75, 3.05) is 39.0 Å². The first-order valence-electron chi connectivity index (χ1n) is 11.7. The number of carboxylic acid groups (broad SMARTS) is 1. The second kappa shape index (κ2) is 9.60. The maximum atomic E-state index is 12.9. The fourth-order valence-corrected chi connectivity index (χ4v) is 5.10. The number of piperazine rings is 1. The molecule has 186 valence electrons. The van der Waals surface area contributed by atoms with Crippen LogP contribution in [-0.2, 0) is 24.6 Å². The quantitative estimate of drug-likeness (QED) is 0.508. The highest BCUT2D eigenvalue weighted by Crippen LogP contribution is 2.38. The van der Waals surface area contributed by atoms with Gasteiger partial charge in [-0.25, -0.2) is 13.3 Å². The van der Waals surface area contributed by atoms with Crippen LogP contribution in [0.25, 0.3) is 22.1 Å². The van der Waals surface area contributed by atoms with E-state index in [-0.39, 0.29) is 11.1 Å². The first-order chi connectivity index (χ1) is 16.8. The number of pyridine rings is 1. The Kier molecular flexibility index (Phi) is 6.52. The standard InChI is InChI=1S/C25H29N3O6S/c1-26-14-21(19-6-5-17(25(30)31)11-22(19)33-15-16-3-4-16)23-20(24(26)29)12-18(34-23)13-27-7-9-28(10-8-27)35(2)32/h5-6,11-12,14,16H,3-4,7-10,13,15H2,1-2H3,(H,30,31). The van der Waals surface area contributed by atoms with Crippen molar-refractivity contribution in [3.05, 3.63) is 52.1 Å². The lowest BCUT2D eigenvalue weighted by atomic mass is 10.0. The third-order valence-electron chi connectivity index (χ3n) is 6.67. The summed E-state index contributed by atoms with van der Waals surface area (Å²) >= 11 is 0. The number of benzene rings is 1. The molecule has 2 fully saturated rings. The zero-order valence-electron chi connectivity index (χ0n) is 19.9. The Balaban J connectivity index is 1.50. The number of aromatic nitrogens is 1. The van der Waals surface area contributed by atoms with Crippen molar-refractivity contribution in [2.45, 2.75) is 19.4 Å². The van der Waals surface area contributed by atoms with E-state index >= 15 is 0 Å². The number of nitrogens with zero attached hydrogens (tertiary/aromatic N) is 3. The maximum absolute atomic E-state index is 12.9. The fourth-order valence-electron chi connectivity index (χ4n) is 4.43. The van der Waals surface area contributed by atoms with Gasteiger partial charge in [0.25, 0.3) is 5.56 Å². The molecule has 5 rings (SSSR count). The van der Waals surface area contributed by atoms with E-state index in [1.165, 1.54) is 10.6 Å². The topological polar surface area (TPSA) is 105 Å². The summed E-state index contributed by atoms with van der Waals surface area (Å²) in [4.78, 5) is 26.7. The van der Waals surface area contributed by atoms with Crippen LogP contribution in [0, 0.1) is 5.92 Å². The predicted octanol–water partition coefficient (Wildman–Crippen LogP) is 2.70. The molecule has 1 aliphatic carbocycles. The SMILES string of the molecule is Cn1cc(-c2ccc(C(=O)O)cc2OCC2CC2)c2oc(CN3CCN(S(C)=O)CC3)cc2c1=O. The lowest BCUT2D eigenvalue weighted by Crippen LogP contribution is -2.46. The number of aromatic carboxylic acids is 1. The molecular weight excluding hydrogens is 470 g/mol. The summed E-state index contributed by atoms with van der Waals surface area (Å²) in [5.74, 6) is 0.625. The molecule has 1 aliphatic heterocycles. The van der Waals surface area contributed by atoms with E-state index < -0.39 is 17.0 Å². The van der Waals surface area contributed by atoms with Crippen LogP contribution in [0.2, 0.25) is 0 Å². The van der Waals surface area contributed by atoms with Crippen LogP contribution in [0.15, 0.2) is 39.7 Å². The molecule has 10 heteroatoms. The summed E-state index contributed by atoms with van der Waals surface area (Å²) in [5, 5.41) is 9.95. The Bertz CT molecular complexity index is 1350. The average molecular weight is 500 g/mol. The molecule has 3 heterocycles. The van der Waals surface area contributed by atoms with E-state index in [0.29, 0.717) is 65.8 Å². The second-order valence-electron chi connectivity index (χ2n) is 9.31. The van der Waals surface area contributed by atoms with E-state index in [1.807, 2.05) is 4.31 Å². The number of aryl methyl sites for hydroxylation is 1. The third kappa shape index (κ3) is 5.05. The largest absolute Gasteiger partial charge is 0.493 e.